The number of aromatic nitrogens is 2. The Morgan fingerprint density at radius 1 is 1.09 bits per heavy atom. The average Bonchev–Trinajstić information content (AvgIpc) is 2.75. The number of hydrogen-bond donors (Lipinski definition) is 2. The summed E-state index contributed by atoms with van der Waals surface area (Å²) in [5.41, 5.74) is 8.21. The molecule has 3 N–H and O–H groups in total. The van der Waals surface area contributed by atoms with Gasteiger partial charge in [0.05, 0.1) is 17.4 Å². The standard InChI is InChI=1S/C24H23ClF2N5O.Ho/c1-12(2)23(21-16(26)6-10-20(27)32-21)33-18-8-5-13(3)11-15(18)14(4)30-17-7-9-19(25)31-22(17)24(28)29;/h5-11,14,30H,1-4H3,(H2-,28,29);/q-1;/t14-;/m1./s1. The molecule has 0 bridgehead atoms. The summed E-state index contributed by atoms with van der Waals surface area (Å²) >= 11 is 5.92. The summed E-state index contributed by atoms with van der Waals surface area (Å²) in [6, 6.07) is 10.3. The molecule has 183 valence electrons. The molecule has 3 rings (SSSR count). The van der Waals surface area contributed by atoms with Crippen LogP contribution in [0.5, 0.6) is 5.75 Å². The van der Waals surface area contributed by atoms with Gasteiger partial charge in [-0.05, 0) is 69.4 Å². The molecule has 34 heavy (non-hydrogen) atoms. The second kappa shape index (κ2) is 11.9. The number of nitrogens with zero attached hydrogens (tertiary/aromatic N) is 3. The van der Waals surface area contributed by atoms with E-state index in [1.165, 1.54) is 0 Å². The molecule has 3 aromatic rings. The zero-order chi connectivity index (χ0) is 24.3. The van der Waals surface area contributed by atoms with Gasteiger partial charge in [-0.2, -0.15) is 4.39 Å². The van der Waals surface area contributed by atoms with Crippen molar-refractivity contribution in [3.05, 3.63) is 92.9 Å². The molecule has 10 heteroatoms. The Morgan fingerprint density at radius 2 is 1.79 bits per heavy atom. The van der Waals surface area contributed by atoms with Gasteiger partial charge in [-0.1, -0.05) is 29.3 Å². The number of amidine groups is 1. The van der Waals surface area contributed by atoms with Gasteiger partial charge in [-0.25, -0.2) is 14.4 Å². The third-order valence-corrected chi connectivity index (χ3v) is 5.01. The molecular weight excluding hydrogens is 613 g/mol. The van der Waals surface area contributed by atoms with Crippen molar-refractivity contribution in [3.63, 3.8) is 0 Å². The maximum Gasteiger partial charge on any atom is 0.213 e. The van der Waals surface area contributed by atoms with Gasteiger partial charge in [0, 0.05) is 43.3 Å². The zero-order valence-electron chi connectivity index (χ0n) is 18.9. The van der Waals surface area contributed by atoms with Crippen LogP contribution in [0.2, 0.25) is 5.15 Å². The largest absolute Gasteiger partial charge is 0.493 e. The smallest absolute Gasteiger partial charge is 0.213 e. The molecule has 0 aliphatic carbocycles. The SMILES string of the molecule is CC(C)=C(Oc1ccc(C)cc1[C@@H](C)Nc1ccc(Cl)nc1C(=[N-])N)c1nc(F)ccc1F.[Ho]. The third kappa shape index (κ3) is 6.66. The summed E-state index contributed by atoms with van der Waals surface area (Å²) in [5, 5.41) is 13.2. The Bertz CT molecular complexity index is 1250. The molecule has 0 aliphatic rings. The first kappa shape index (κ1) is 28.0. The van der Waals surface area contributed by atoms with Crippen LogP contribution >= 0.6 is 11.6 Å². The summed E-state index contributed by atoms with van der Waals surface area (Å²) in [6.45, 7) is 7.24. The molecule has 0 fully saturated rings. The number of pyridine rings is 2. The molecule has 1 radical (unpaired) electrons. The first-order valence-corrected chi connectivity index (χ1v) is 10.5. The summed E-state index contributed by atoms with van der Waals surface area (Å²) in [5.74, 6) is -1.45. The number of benzene rings is 1. The van der Waals surface area contributed by atoms with E-state index in [4.69, 9.17) is 22.1 Å². The first-order valence-electron chi connectivity index (χ1n) is 10.1. The van der Waals surface area contributed by atoms with Gasteiger partial charge in [0.15, 0.2) is 11.6 Å². The van der Waals surface area contributed by atoms with Crippen LogP contribution in [0.25, 0.3) is 11.2 Å². The molecule has 2 heterocycles. The van der Waals surface area contributed by atoms with E-state index in [9.17, 15) is 14.2 Å². The first-order chi connectivity index (χ1) is 15.6. The molecule has 0 saturated carbocycles. The summed E-state index contributed by atoms with van der Waals surface area (Å²) in [6.07, 6.45) is 0. The van der Waals surface area contributed by atoms with Crippen molar-refractivity contribution < 1.29 is 51.3 Å². The van der Waals surface area contributed by atoms with Crippen molar-refractivity contribution in [1.29, 1.82) is 0 Å². The Hall–Kier alpha value is -2.26. The topological polar surface area (TPSA) is 95.4 Å². The van der Waals surface area contributed by atoms with Crippen LogP contribution in [0.15, 0.2) is 48.0 Å². The summed E-state index contributed by atoms with van der Waals surface area (Å²) in [4.78, 5) is 7.74. The molecule has 1 aromatic carbocycles. The van der Waals surface area contributed by atoms with Crippen molar-refractivity contribution in [2.75, 3.05) is 5.32 Å². The van der Waals surface area contributed by atoms with Crippen LogP contribution in [0.1, 0.15) is 49.3 Å². The van der Waals surface area contributed by atoms with Gasteiger partial charge < -0.3 is 21.2 Å². The van der Waals surface area contributed by atoms with Crippen molar-refractivity contribution in [1.82, 2.24) is 9.97 Å². The number of nitrogens with two attached hydrogens (primary N) is 1. The number of rotatable bonds is 7. The third-order valence-electron chi connectivity index (χ3n) is 4.80. The van der Waals surface area contributed by atoms with Crippen LogP contribution in [0.3, 0.4) is 0 Å². The van der Waals surface area contributed by atoms with E-state index in [1.54, 1.807) is 32.0 Å². The maximum absolute atomic E-state index is 14.4. The molecule has 6 nitrogen and oxygen atoms in total. The van der Waals surface area contributed by atoms with Gasteiger partial charge in [0.25, 0.3) is 0 Å². The van der Waals surface area contributed by atoms with E-state index in [1.807, 2.05) is 26.0 Å². The molecule has 0 aliphatic heterocycles. The predicted molar refractivity (Wildman–Crippen MR) is 127 cm³/mol. The number of ether oxygens (including phenoxy) is 1. The summed E-state index contributed by atoms with van der Waals surface area (Å²) < 4.78 is 34.3. The van der Waals surface area contributed by atoms with E-state index in [0.717, 1.165) is 23.3 Å². The van der Waals surface area contributed by atoms with E-state index >= 15 is 0 Å². The minimum atomic E-state index is -0.812. The molecule has 0 spiro atoms. The predicted octanol–water partition coefficient (Wildman–Crippen LogP) is 5.99. The Labute approximate surface area is 232 Å². The number of nitrogens with one attached hydrogen (secondary N) is 1. The minimum Gasteiger partial charge on any atom is -0.493 e. The normalized spacial score (nSPS) is 11.3. The molecule has 2 aromatic heterocycles. The van der Waals surface area contributed by atoms with E-state index in [2.05, 4.69) is 15.3 Å². The fraction of sp³-hybridized carbons (Fsp3) is 0.208. The molecule has 0 saturated heterocycles. The monoisotopic (exact) mass is 635 g/mol. The fourth-order valence-electron chi connectivity index (χ4n) is 3.23. The van der Waals surface area contributed by atoms with E-state index in [-0.39, 0.29) is 66.1 Å². The number of aryl methyl sites for hydroxylation is 1. The Kier molecular flexibility index (Phi) is 9.82. The maximum atomic E-state index is 14.4. The molecular formula is C24H23ClF2HoN5O-. The summed E-state index contributed by atoms with van der Waals surface area (Å²) in [7, 11) is 0. The minimum absolute atomic E-state index is 0. The van der Waals surface area contributed by atoms with Crippen LogP contribution in [-0.4, -0.2) is 15.8 Å². The van der Waals surface area contributed by atoms with Gasteiger partial charge in [0.2, 0.25) is 5.95 Å². The number of anilines is 1. The molecule has 1 atom stereocenters. The number of allylic oxidation sites excluding steroid dienone is 1. The van der Waals surface area contributed by atoms with Crippen molar-refractivity contribution in [2.45, 2.75) is 33.7 Å². The van der Waals surface area contributed by atoms with Gasteiger partial charge in [-0.3, -0.25) is 0 Å². The number of hydrogen-bond acceptors (Lipinski definition) is 4. The molecule has 0 amide bonds. The Balaban J connectivity index is 0.00000408. The van der Waals surface area contributed by atoms with E-state index < -0.39 is 17.6 Å². The van der Waals surface area contributed by atoms with Gasteiger partial charge in [-0.15, -0.1) is 0 Å². The van der Waals surface area contributed by atoms with Gasteiger partial charge >= 0.3 is 0 Å². The van der Waals surface area contributed by atoms with Crippen LogP contribution < -0.4 is 15.8 Å². The second-order valence-corrected chi connectivity index (χ2v) is 8.11. The fourth-order valence-corrected chi connectivity index (χ4v) is 3.38. The van der Waals surface area contributed by atoms with Crippen molar-refractivity contribution in [2.24, 2.45) is 5.73 Å². The van der Waals surface area contributed by atoms with Crippen LogP contribution in [0, 0.1) is 56.4 Å². The molecule has 0 unspecified atom stereocenters. The Morgan fingerprint density at radius 3 is 2.44 bits per heavy atom. The van der Waals surface area contributed by atoms with Gasteiger partial charge in [0.1, 0.15) is 16.6 Å². The zero-order valence-corrected chi connectivity index (χ0v) is 21.6. The number of halogens is 3. The van der Waals surface area contributed by atoms with Crippen LogP contribution in [-0.2, 0) is 0 Å². The van der Waals surface area contributed by atoms with Crippen molar-refractivity contribution >= 4 is 28.9 Å². The second-order valence-electron chi connectivity index (χ2n) is 7.72. The quantitative estimate of drug-likeness (QED) is 0.109. The van der Waals surface area contributed by atoms with Crippen molar-refractivity contribution in [3.8, 4) is 5.75 Å². The van der Waals surface area contributed by atoms with E-state index in [0.29, 0.717) is 17.0 Å². The van der Waals surface area contributed by atoms with Crippen LogP contribution in [0.4, 0.5) is 14.5 Å². The average molecular weight is 636 g/mol.